The lowest BCUT2D eigenvalue weighted by molar-refractivity contribution is -0.137. The monoisotopic (exact) mass is 526 g/mol. The van der Waals surface area contributed by atoms with Gasteiger partial charge >= 0.3 is 6.18 Å². The molecule has 3 aromatic rings. The maximum atomic E-state index is 14.2. The van der Waals surface area contributed by atoms with E-state index in [0.29, 0.717) is 19.6 Å². The van der Waals surface area contributed by atoms with E-state index < -0.39 is 17.6 Å². The number of amides is 1. The first-order valence-corrected chi connectivity index (χ1v) is 12.6. The summed E-state index contributed by atoms with van der Waals surface area (Å²) in [5.74, 6) is -0.397. The fraction of sp³-hybridized carbons (Fsp3) is 0.393. The Kier molecular flexibility index (Phi) is 8.63. The van der Waals surface area contributed by atoms with Gasteiger partial charge in [-0.3, -0.25) is 9.69 Å². The molecule has 2 N–H and O–H groups in total. The van der Waals surface area contributed by atoms with Crippen molar-refractivity contribution in [2.45, 2.75) is 39.0 Å². The van der Waals surface area contributed by atoms with E-state index in [1.54, 1.807) is 30.6 Å². The Hall–Kier alpha value is -3.50. The first-order valence-electron chi connectivity index (χ1n) is 12.6. The molecule has 4 rings (SSSR count). The van der Waals surface area contributed by atoms with Gasteiger partial charge in [-0.15, -0.1) is 0 Å². The highest BCUT2D eigenvalue weighted by molar-refractivity contribution is 6.05. The normalized spacial score (nSPS) is 15.0. The Morgan fingerprint density at radius 2 is 1.74 bits per heavy atom. The van der Waals surface area contributed by atoms with E-state index in [1.165, 1.54) is 18.5 Å². The molecule has 0 spiro atoms. The van der Waals surface area contributed by atoms with E-state index in [-0.39, 0.29) is 29.3 Å². The predicted molar refractivity (Wildman–Crippen MR) is 142 cm³/mol. The zero-order chi connectivity index (χ0) is 27.3. The molecule has 7 nitrogen and oxygen atoms in total. The Morgan fingerprint density at radius 3 is 2.39 bits per heavy atom. The molecule has 1 saturated heterocycles. The van der Waals surface area contributed by atoms with Gasteiger partial charge in [-0.1, -0.05) is 32.0 Å². The number of hydrogen-bond acceptors (Lipinski definition) is 6. The van der Waals surface area contributed by atoms with Crippen molar-refractivity contribution in [2.75, 3.05) is 43.9 Å². The average molecular weight is 527 g/mol. The molecule has 0 radical (unpaired) electrons. The summed E-state index contributed by atoms with van der Waals surface area (Å²) in [5, 5.41) is 5.78. The van der Waals surface area contributed by atoms with E-state index in [1.807, 2.05) is 31.9 Å². The van der Waals surface area contributed by atoms with Gasteiger partial charge in [0.05, 0.1) is 29.3 Å². The summed E-state index contributed by atoms with van der Waals surface area (Å²) in [7, 11) is 2.00. The third-order valence-electron chi connectivity index (χ3n) is 6.74. The van der Waals surface area contributed by atoms with Gasteiger partial charge in [0, 0.05) is 44.8 Å². The van der Waals surface area contributed by atoms with E-state index >= 15 is 0 Å². The molecule has 0 aliphatic carbocycles. The molecule has 38 heavy (non-hydrogen) atoms. The number of likely N-dealkylation sites (N-methyl/N-ethyl adjacent to an activating group) is 1. The Labute approximate surface area is 221 Å². The van der Waals surface area contributed by atoms with E-state index in [2.05, 4.69) is 25.5 Å². The number of alkyl halides is 3. The molecule has 0 atom stereocenters. The molecule has 10 heteroatoms. The van der Waals surface area contributed by atoms with Crippen LogP contribution in [0, 0.1) is 0 Å². The number of rotatable bonds is 8. The summed E-state index contributed by atoms with van der Waals surface area (Å²) in [6.07, 6.45) is 0.115. The molecular formula is C28H33F3N6O. The highest BCUT2D eigenvalue weighted by atomic mass is 19.4. The lowest BCUT2D eigenvalue weighted by atomic mass is 9.94. The number of benzene rings is 2. The first-order chi connectivity index (χ1) is 18.1. The van der Waals surface area contributed by atoms with Crippen LogP contribution in [0.3, 0.4) is 0 Å². The number of carbonyl (C=O) groups excluding carboxylic acids is 1. The number of nitrogens with zero attached hydrogens (tertiary/aromatic N) is 4. The van der Waals surface area contributed by atoms with Gasteiger partial charge in [0.2, 0.25) is 0 Å². The van der Waals surface area contributed by atoms with Crippen LogP contribution in [-0.2, 0) is 19.3 Å². The molecule has 1 aromatic heterocycles. The Bertz CT molecular complexity index is 1240. The largest absolute Gasteiger partial charge is 0.418 e. The molecule has 1 aliphatic heterocycles. The average Bonchev–Trinajstić information content (AvgIpc) is 2.88. The Balaban J connectivity index is 1.57. The lowest BCUT2D eigenvalue weighted by Gasteiger charge is -2.33. The van der Waals surface area contributed by atoms with E-state index in [0.717, 1.165) is 29.9 Å². The van der Waals surface area contributed by atoms with Crippen LogP contribution >= 0.6 is 0 Å². The van der Waals surface area contributed by atoms with Crippen molar-refractivity contribution in [1.82, 2.24) is 19.8 Å². The van der Waals surface area contributed by atoms with Gasteiger partial charge in [-0.25, -0.2) is 9.97 Å². The molecule has 2 aromatic carbocycles. The summed E-state index contributed by atoms with van der Waals surface area (Å²) in [6, 6.07) is 9.60. The van der Waals surface area contributed by atoms with Gasteiger partial charge in [0.1, 0.15) is 6.33 Å². The zero-order valence-corrected chi connectivity index (χ0v) is 21.8. The van der Waals surface area contributed by atoms with Crippen LogP contribution < -0.4 is 10.6 Å². The number of piperazine rings is 1. The molecular weight excluding hydrogens is 493 g/mol. The zero-order valence-electron chi connectivity index (χ0n) is 21.8. The van der Waals surface area contributed by atoms with Crippen molar-refractivity contribution in [3.05, 3.63) is 82.9 Å². The number of hydrogen-bond donors (Lipinski definition) is 2. The second-order valence-electron chi connectivity index (χ2n) is 9.92. The number of carbonyl (C=O) groups is 1. The van der Waals surface area contributed by atoms with E-state index in [9.17, 15) is 18.0 Å². The number of aromatic nitrogens is 2. The van der Waals surface area contributed by atoms with Crippen LogP contribution in [-0.4, -0.2) is 58.9 Å². The van der Waals surface area contributed by atoms with Gasteiger partial charge < -0.3 is 15.5 Å². The summed E-state index contributed by atoms with van der Waals surface area (Å²) >= 11 is 0. The van der Waals surface area contributed by atoms with Crippen molar-refractivity contribution in [3.8, 4) is 0 Å². The molecule has 0 bridgehead atoms. The quantitative estimate of drug-likeness (QED) is 0.419. The molecule has 1 fully saturated rings. The lowest BCUT2D eigenvalue weighted by Crippen LogP contribution is -2.44. The second-order valence-corrected chi connectivity index (χ2v) is 9.92. The predicted octanol–water partition coefficient (Wildman–Crippen LogP) is 5.23. The summed E-state index contributed by atoms with van der Waals surface area (Å²) in [5.41, 5.74) is 2.05. The SMILES string of the molecule is CC(C)c1ccc(C(=O)Nc2cccc(CN3CCN(C)CC3)c2C(F)(F)F)cc1CNc1cncnc1. The standard InChI is InChI=1S/C28H33F3N6O/c1-19(2)24-8-7-20(13-22(24)14-34-23-15-32-18-33-16-23)27(38)35-25-6-4-5-21(26(25)28(29,30)31)17-37-11-9-36(3)10-12-37/h4-8,13,15-16,18-19,34H,9-12,14,17H2,1-3H3,(H,35,38). The topological polar surface area (TPSA) is 73.4 Å². The van der Waals surface area contributed by atoms with Crippen molar-refractivity contribution in [2.24, 2.45) is 0 Å². The highest BCUT2D eigenvalue weighted by Crippen LogP contribution is 2.38. The van der Waals surface area contributed by atoms with Gasteiger partial charge in [-0.05, 0) is 47.9 Å². The molecule has 1 amide bonds. The highest BCUT2D eigenvalue weighted by Gasteiger charge is 2.37. The van der Waals surface area contributed by atoms with Crippen LogP contribution in [0.25, 0.3) is 0 Å². The van der Waals surface area contributed by atoms with Gasteiger partial charge in [-0.2, -0.15) is 13.2 Å². The number of halogens is 3. The Morgan fingerprint density at radius 1 is 1.03 bits per heavy atom. The minimum atomic E-state index is -4.61. The van der Waals surface area contributed by atoms with Gasteiger partial charge in [0.15, 0.2) is 0 Å². The molecule has 0 unspecified atom stereocenters. The van der Waals surface area contributed by atoms with Crippen molar-refractivity contribution >= 4 is 17.3 Å². The van der Waals surface area contributed by atoms with E-state index in [4.69, 9.17) is 0 Å². The molecule has 202 valence electrons. The summed E-state index contributed by atoms with van der Waals surface area (Å²) in [4.78, 5) is 25.3. The number of nitrogens with one attached hydrogen (secondary N) is 2. The van der Waals surface area contributed by atoms with Crippen LogP contribution in [0.1, 0.15) is 52.4 Å². The van der Waals surface area contributed by atoms with Crippen molar-refractivity contribution < 1.29 is 18.0 Å². The fourth-order valence-electron chi connectivity index (χ4n) is 4.66. The van der Waals surface area contributed by atoms with Crippen LogP contribution in [0.4, 0.5) is 24.5 Å². The summed E-state index contributed by atoms with van der Waals surface area (Å²) in [6.45, 7) is 7.68. The molecule has 0 saturated carbocycles. The van der Waals surface area contributed by atoms with Crippen LogP contribution in [0.15, 0.2) is 55.1 Å². The molecule has 1 aliphatic rings. The van der Waals surface area contributed by atoms with Gasteiger partial charge in [0.25, 0.3) is 5.91 Å². The van der Waals surface area contributed by atoms with Crippen LogP contribution in [0.2, 0.25) is 0 Å². The molecule has 2 heterocycles. The first kappa shape index (κ1) is 27.5. The third kappa shape index (κ3) is 6.87. The fourth-order valence-corrected chi connectivity index (χ4v) is 4.66. The minimum absolute atomic E-state index is 0.157. The minimum Gasteiger partial charge on any atom is -0.378 e. The summed E-state index contributed by atoms with van der Waals surface area (Å²) < 4.78 is 42.7. The van der Waals surface area contributed by atoms with Crippen molar-refractivity contribution in [1.29, 1.82) is 0 Å². The van der Waals surface area contributed by atoms with Crippen molar-refractivity contribution in [3.63, 3.8) is 0 Å². The third-order valence-corrected chi connectivity index (χ3v) is 6.74. The maximum Gasteiger partial charge on any atom is 0.418 e. The maximum absolute atomic E-state index is 14.2. The smallest absolute Gasteiger partial charge is 0.378 e. The number of anilines is 2. The second kappa shape index (κ2) is 11.9. The van der Waals surface area contributed by atoms with Crippen LogP contribution in [0.5, 0.6) is 0 Å².